The second kappa shape index (κ2) is 6.85. The Morgan fingerprint density at radius 3 is 3.24 bits per heavy atom. The predicted octanol–water partition coefficient (Wildman–Crippen LogP) is 0.904. The number of fused-ring (bicyclic) bond motifs is 1. The summed E-state index contributed by atoms with van der Waals surface area (Å²) in [4.78, 5) is 30.8. The van der Waals surface area contributed by atoms with E-state index in [9.17, 15) is 9.59 Å². The Bertz CT molecular complexity index is 585. The van der Waals surface area contributed by atoms with Crippen LogP contribution in [0, 0.1) is 0 Å². The van der Waals surface area contributed by atoms with Crippen molar-refractivity contribution in [3.8, 4) is 0 Å². The first kappa shape index (κ1) is 14.9. The van der Waals surface area contributed by atoms with Gasteiger partial charge in [0.25, 0.3) is 5.56 Å². The fourth-order valence-corrected chi connectivity index (χ4v) is 4.07. The molecule has 2 N–H and O–H groups in total. The van der Waals surface area contributed by atoms with Gasteiger partial charge in [0.2, 0.25) is 5.91 Å². The Morgan fingerprint density at radius 2 is 2.43 bits per heavy atom. The number of hydrogen-bond donors (Lipinski definition) is 2. The smallest absolute Gasteiger partial charge is 0.255 e. The maximum atomic E-state index is 11.8. The molecule has 8 heteroatoms. The molecule has 0 aromatic carbocycles. The van der Waals surface area contributed by atoms with Gasteiger partial charge in [-0.15, -0.1) is 0 Å². The zero-order chi connectivity index (χ0) is 14.7. The molecule has 3 rings (SSSR count). The van der Waals surface area contributed by atoms with Crippen LogP contribution < -0.4 is 10.9 Å². The summed E-state index contributed by atoms with van der Waals surface area (Å²) in [5.41, 5.74) is 1.55. The molecule has 2 aliphatic heterocycles. The monoisotopic (exact) mass is 327 g/mol. The lowest BCUT2D eigenvalue weighted by Crippen LogP contribution is -2.33. The molecule has 2 aliphatic rings. The first-order chi connectivity index (χ1) is 10.2. The third-order valence-electron chi connectivity index (χ3n) is 3.46. The summed E-state index contributed by atoms with van der Waals surface area (Å²) in [5.74, 6) is 1.69. The summed E-state index contributed by atoms with van der Waals surface area (Å²) in [6.07, 6.45) is 2.21. The van der Waals surface area contributed by atoms with Gasteiger partial charge in [-0.05, 0) is 12.8 Å². The Kier molecular flexibility index (Phi) is 4.87. The largest absolute Gasteiger partial charge is 0.376 e. The number of aromatic amines is 1. The molecule has 1 aromatic rings. The fraction of sp³-hybridized carbons (Fsp3) is 0.615. The number of amides is 1. The van der Waals surface area contributed by atoms with Crippen LogP contribution in [0.15, 0.2) is 9.95 Å². The molecule has 1 saturated heterocycles. The first-order valence-electron chi connectivity index (χ1n) is 6.93. The normalized spacial score (nSPS) is 20.5. The van der Waals surface area contributed by atoms with E-state index in [4.69, 9.17) is 4.74 Å². The van der Waals surface area contributed by atoms with Crippen molar-refractivity contribution in [2.45, 2.75) is 35.6 Å². The van der Waals surface area contributed by atoms with E-state index in [2.05, 4.69) is 15.3 Å². The maximum absolute atomic E-state index is 11.8. The van der Waals surface area contributed by atoms with Crippen molar-refractivity contribution in [1.82, 2.24) is 15.3 Å². The molecule has 0 spiro atoms. The van der Waals surface area contributed by atoms with Crippen LogP contribution in [0.25, 0.3) is 0 Å². The number of aromatic nitrogens is 2. The van der Waals surface area contributed by atoms with Crippen molar-refractivity contribution in [3.05, 3.63) is 21.6 Å². The van der Waals surface area contributed by atoms with Crippen LogP contribution >= 0.6 is 23.5 Å². The van der Waals surface area contributed by atoms with E-state index in [-0.39, 0.29) is 23.3 Å². The van der Waals surface area contributed by atoms with E-state index in [1.165, 1.54) is 11.8 Å². The Balaban J connectivity index is 1.49. The summed E-state index contributed by atoms with van der Waals surface area (Å²) in [7, 11) is 0. The molecular formula is C13H17N3O3S2. The number of carbonyl (C=O) groups excluding carboxylic acids is 1. The topological polar surface area (TPSA) is 84.1 Å². The average Bonchev–Trinajstić information content (AvgIpc) is 3.14. The molecule has 1 fully saturated rings. The van der Waals surface area contributed by atoms with Gasteiger partial charge in [0, 0.05) is 30.2 Å². The van der Waals surface area contributed by atoms with Crippen molar-refractivity contribution in [1.29, 1.82) is 0 Å². The van der Waals surface area contributed by atoms with E-state index < -0.39 is 0 Å². The summed E-state index contributed by atoms with van der Waals surface area (Å²) < 4.78 is 5.45. The molecule has 1 unspecified atom stereocenters. The summed E-state index contributed by atoms with van der Waals surface area (Å²) in [6, 6.07) is 0. The number of carbonyl (C=O) groups is 1. The quantitative estimate of drug-likeness (QED) is 0.618. The van der Waals surface area contributed by atoms with E-state index in [1.54, 1.807) is 11.8 Å². The molecular weight excluding hydrogens is 310 g/mol. The number of ether oxygens (including phenoxy) is 1. The molecule has 1 atom stereocenters. The minimum atomic E-state index is -0.0766. The van der Waals surface area contributed by atoms with Gasteiger partial charge in [-0.25, -0.2) is 4.98 Å². The molecule has 6 nitrogen and oxygen atoms in total. The van der Waals surface area contributed by atoms with Gasteiger partial charge in [0.15, 0.2) is 5.16 Å². The Labute approximate surface area is 130 Å². The van der Waals surface area contributed by atoms with Gasteiger partial charge in [0.1, 0.15) is 0 Å². The summed E-state index contributed by atoms with van der Waals surface area (Å²) in [5, 5.41) is 3.37. The number of thioether (sulfide) groups is 2. The zero-order valence-corrected chi connectivity index (χ0v) is 13.1. The van der Waals surface area contributed by atoms with Gasteiger partial charge < -0.3 is 15.0 Å². The zero-order valence-electron chi connectivity index (χ0n) is 11.5. The second-order valence-electron chi connectivity index (χ2n) is 5.02. The molecule has 0 bridgehead atoms. The van der Waals surface area contributed by atoms with Crippen molar-refractivity contribution in [2.24, 2.45) is 0 Å². The minimum Gasteiger partial charge on any atom is -0.376 e. The lowest BCUT2D eigenvalue weighted by atomic mass is 10.2. The lowest BCUT2D eigenvalue weighted by molar-refractivity contribution is -0.119. The highest BCUT2D eigenvalue weighted by Crippen LogP contribution is 2.26. The van der Waals surface area contributed by atoms with Crippen LogP contribution in [0.2, 0.25) is 0 Å². The number of nitrogens with one attached hydrogen (secondary N) is 2. The van der Waals surface area contributed by atoms with Crippen LogP contribution in [0.1, 0.15) is 24.1 Å². The van der Waals surface area contributed by atoms with Gasteiger partial charge in [-0.2, -0.15) is 11.8 Å². The van der Waals surface area contributed by atoms with Crippen molar-refractivity contribution >= 4 is 29.4 Å². The molecule has 0 saturated carbocycles. The van der Waals surface area contributed by atoms with E-state index >= 15 is 0 Å². The van der Waals surface area contributed by atoms with Crippen molar-refractivity contribution in [2.75, 3.05) is 18.9 Å². The highest BCUT2D eigenvalue weighted by atomic mass is 32.2. The Hall–Kier alpha value is -0.990. The summed E-state index contributed by atoms with van der Waals surface area (Å²) >= 11 is 2.95. The van der Waals surface area contributed by atoms with Gasteiger partial charge in [0.05, 0.1) is 17.6 Å². The van der Waals surface area contributed by atoms with Gasteiger partial charge in [-0.3, -0.25) is 9.59 Å². The third-order valence-corrected chi connectivity index (χ3v) is 5.30. The molecule has 1 aromatic heterocycles. The molecule has 0 aliphatic carbocycles. The molecule has 21 heavy (non-hydrogen) atoms. The third kappa shape index (κ3) is 3.81. The first-order valence-corrected chi connectivity index (χ1v) is 9.07. The van der Waals surface area contributed by atoms with Gasteiger partial charge in [-0.1, -0.05) is 11.8 Å². The van der Waals surface area contributed by atoms with E-state index in [1.807, 2.05) is 0 Å². The summed E-state index contributed by atoms with van der Waals surface area (Å²) in [6.45, 7) is 1.34. The van der Waals surface area contributed by atoms with Crippen molar-refractivity contribution < 1.29 is 9.53 Å². The highest BCUT2D eigenvalue weighted by Gasteiger charge is 2.19. The second-order valence-corrected chi connectivity index (χ2v) is 6.97. The fourth-order valence-electron chi connectivity index (χ4n) is 2.33. The molecule has 0 radical (unpaired) electrons. The lowest BCUT2D eigenvalue weighted by Gasteiger charge is -2.10. The number of H-pyrrole nitrogens is 1. The van der Waals surface area contributed by atoms with Gasteiger partial charge >= 0.3 is 0 Å². The van der Waals surface area contributed by atoms with Crippen LogP contribution in [-0.2, 0) is 21.0 Å². The number of hydrogen-bond acceptors (Lipinski definition) is 6. The van der Waals surface area contributed by atoms with Crippen LogP contribution in [0.4, 0.5) is 0 Å². The van der Waals surface area contributed by atoms with E-state index in [0.717, 1.165) is 42.2 Å². The maximum Gasteiger partial charge on any atom is 0.255 e. The number of rotatable bonds is 5. The number of nitrogens with zero attached hydrogens (tertiary/aromatic N) is 1. The van der Waals surface area contributed by atoms with Crippen molar-refractivity contribution in [3.63, 3.8) is 0 Å². The highest BCUT2D eigenvalue weighted by molar-refractivity contribution is 7.99. The molecule has 1 amide bonds. The van der Waals surface area contributed by atoms with Crippen LogP contribution in [0.3, 0.4) is 0 Å². The van der Waals surface area contributed by atoms with Crippen LogP contribution in [-0.4, -0.2) is 40.9 Å². The average molecular weight is 327 g/mol. The SMILES string of the molecule is O=C(CSc1nc2c(c(=O)[nH]1)CSC2)NCC1CCCO1. The van der Waals surface area contributed by atoms with Crippen LogP contribution in [0.5, 0.6) is 0 Å². The predicted molar refractivity (Wildman–Crippen MR) is 82.6 cm³/mol. The molecule has 114 valence electrons. The molecule has 3 heterocycles. The Morgan fingerprint density at radius 1 is 1.52 bits per heavy atom. The minimum absolute atomic E-state index is 0.0620. The van der Waals surface area contributed by atoms with E-state index in [0.29, 0.717) is 11.7 Å². The standard InChI is InChI=1S/C13H17N3O3S2/c17-11(14-4-8-2-1-3-19-8)7-21-13-15-10-6-20-5-9(10)12(18)16-13/h8H,1-7H2,(H,14,17)(H,15,16,18).